The highest BCUT2D eigenvalue weighted by Gasteiger charge is 2.30. The fraction of sp³-hybridized carbons (Fsp3) is 0.632. The van der Waals surface area contributed by atoms with E-state index < -0.39 is 0 Å². The van der Waals surface area contributed by atoms with Gasteiger partial charge in [-0.3, -0.25) is 0 Å². The monoisotopic (exact) mass is 348 g/mol. The van der Waals surface area contributed by atoms with E-state index in [4.69, 9.17) is 9.47 Å². The van der Waals surface area contributed by atoms with Crippen molar-refractivity contribution in [2.45, 2.75) is 50.4 Å². The molecule has 0 saturated carbocycles. The van der Waals surface area contributed by atoms with Crippen LogP contribution in [0.3, 0.4) is 0 Å². The highest BCUT2D eigenvalue weighted by atomic mass is 19.1. The van der Waals surface area contributed by atoms with Crippen molar-refractivity contribution in [3.63, 3.8) is 0 Å². The van der Waals surface area contributed by atoms with Crippen LogP contribution in [0, 0.1) is 5.82 Å². The fourth-order valence-corrected chi connectivity index (χ4v) is 4.09. The summed E-state index contributed by atoms with van der Waals surface area (Å²) < 4.78 is 25.2. The molecule has 2 fully saturated rings. The van der Waals surface area contributed by atoms with Crippen molar-refractivity contribution >= 4 is 6.03 Å². The van der Waals surface area contributed by atoms with Gasteiger partial charge in [0.2, 0.25) is 0 Å². The Bertz CT molecular complexity index is 625. The van der Waals surface area contributed by atoms with Gasteiger partial charge in [0.05, 0.1) is 24.9 Å². The lowest BCUT2D eigenvalue weighted by Gasteiger charge is -2.33. The highest BCUT2D eigenvalue weighted by molar-refractivity contribution is 5.75. The number of nitrogens with one attached hydrogen (secondary N) is 1. The van der Waals surface area contributed by atoms with E-state index in [0.29, 0.717) is 26.1 Å². The Hall–Kier alpha value is -1.66. The van der Waals surface area contributed by atoms with Crippen LogP contribution in [0.1, 0.15) is 42.9 Å². The summed E-state index contributed by atoms with van der Waals surface area (Å²) in [5, 5.41) is 3.08. The first-order chi connectivity index (χ1) is 12.2. The van der Waals surface area contributed by atoms with Gasteiger partial charge in [0.25, 0.3) is 0 Å². The number of fused-ring (bicyclic) bond motifs is 1. The van der Waals surface area contributed by atoms with Crippen LogP contribution >= 0.6 is 0 Å². The predicted octanol–water partition coefficient (Wildman–Crippen LogP) is 2.79. The maximum atomic E-state index is 13.8. The number of rotatable bonds is 3. The molecule has 2 saturated heterocycles. The number of benzene rings is 1. The van der Waals surface area contributed by atoms with E-state index in [2.05, 4.69) is 5.32 Å². The zero-order valence-electron chi connectivity index (χ0n) is 14.4. The van der Waals surface area contributed by atoms with Gasteiger partial charge in [-0.05, 0) is 49.3 Å². The van der Waals surface area contributed by atoms with Crippen LogP contribution in [0.25, 0.3) is 0 Å². The first-order valence-electron chi connectivity index (χ1n) is 9.26. The minimum atomic E-state index is -0.164. The summed E-state index contributed by atoms with van der Waals surface area (Å²) in [5.74, 6) is -0.164. The quantitative estimate of drug-likeness (QED) is 0.914. The van der Waals surface area contributed by atoms with Gasteiger partial charge in [-0.15, -0.1) is 0 Å². The molecule has 0 radical (unpaired) electrons. The Labute approximate surface area is 147 Å². The van der Waals surface area contributed by atoms with Crippen LogP contribution in [-0.4, -0.2) is 49.4 Å². The summed E-state index contributed by atoms with van der Waals surface area (Å²) in [6.45, 7) is 2.88. The smallest absolute Gasteiger partial charge is 0.317 e. The second-order valence-electron chi connectivity index (χ2n) is 7.16. The maximum absolute atomic E-state index is 13.8. The summed E-state index contributed by atoms with van der Waals surface area (Å²) in [4.78, 5) is 14.4. The number of urea groups is 1. The van der Waals surface area contributed by atoms with E-state index in [1.54, 1.807) is 6.07 Å². The number of nitrogens with zero attached hydrogens (tertiary/aromatic N) is 1. The standard InChI is InChI=1S/C19H25FN2O3/c20-17-3-1-2-16-15(17)4-5-18(16)21-19(23)22-9-6-13(7-10-22)25-14-8-11-24-12-14/h1-3,13-14,18H,4-12H2,(H,21,23)/t14-,18-/m0/s1. The molecular formula is C19H25FN2O3. The molecule has 1 N–H and O–H groups in total. The first kappa shape index (κ1) is 16.8. The van der Waals surface area contributed by atoms with Crippen molar-refractivity contribution in [3.8, 4) is 0 Å². The first-order valence-corrected chi connectivity index (χ1v) is 9.26. The molecule has 0 unspecified atom stereocenters. The van der Waals surface area contributed by atoms with Crippen molar-refractivity contribution < 1.29 is 18.7 Å². The van der Waals surface area contributed by atoms with Crippen LogP contribution in [0.2, 0.25) is 0 Å². The van der Waals surface area contributed by atoms with Gasteiger partial charge in [0.15, 0.2) is 0 Å². The second kappa shape index (κ2) is 7.30. The number of ether oxygens (including phenoxy) is 2. The maximum Gasteiger partial charge on any atom is 0.317 e. The van der Waals surface area contributed by atoms with Crippen LogP contribution < -0.4 is 5.32 Å². The lowest BCUT2D eigenvalue weighted by Crippen LogP contribution is -2.47. The van der Waals surface area contributed by atoms with E-state index in [-0.39, 0.29) is 30.1 Å². The second-order valence-corrected chi connectivity index (χ2v) is 7.16. The molecule has 2 heterocycles. The van der Waals surface area contributed by atoms with Gasteiger partial charge in [0, 0.05) is 19.7 Å². The fourth-order valence-electron chi connectivity index (χ4n) is 4.09. The number of likely N-dealkylation sites (tertiary alicyclic amines) is 1. The third-order valence-electron chi connectivity index (χ3n) is 5.51. The number of hydrogen-bond donors (Lipinski definition) is 1. The molecule has 3 aliphatic rings. The SMILES string of the molecule is O=C(N[C@H]1CCc2c(F)cccc21)N1CCC(O[C@H]2CCOC2)CC1. The van der Waals surface area contributed by atoms with Crippen molar-refractivity contribution in [1.82, 2.24) is 10.2 Å². The molecule has 0 spiro atoms. The van der Waals surface area contributed by atoms with Crippen molar-refractivity contribution in [1.29, 1.82) is 0 Å². The number of halogens is 1. The predicted molar refractivity (Wildman–Crippen MR) is 90.9 cm³/mol. The molecule has 136 valence electrons. The number of hydrogen-bond acceptors (Lipinski definition) is 3. The van der Waals surface area contributed by atoms with Crippen molar-refractivity contribution in [2.24, 2.45) is 0 Å². The van der Waals surface area contributed by atoms with Crippen molar-refractivity contribution in [3.05, 3.63) is 35.1 Å². The molecule has 1 aromatic rings. The largest absolute Gasteiger partial charge is 0.379 e. The lowest BCUT2D eigenvalue weighted by molar-refractivity contribution is -0.0392. The van der Waals surface area contributed by atoms with Crippen LogP contribution in [0.15, 0.2) is 18.2 Å². The minimum absolute atomic E-state index is 0.0511. The zero-order chi connectivity index (χ0) is 17.2. The highest BCUT2D eigenvalue weighted by Crippen LogP contribution is 2.33. The number of carbonyl (C=O) groups excluding carboxylic acids is 1. The van der Waals surface area contributed by atoms with E-state index in [1.807, 2.05) is 11.0 Å². The van der Waals surface area contributed by atoms with Crippen LogP contribution in [-0.2, 0) is 15.9 Å². The number of carbonyl (C=O) groups is 1. The van der Waals surface area contributed by atoms with Gasteiger partial charge >= 0.3 is 6.03 Å². The van der Waals surface area contributed by atoms with E-state index >= 15 is 0 Å². The molecular weight excluding hydrogens is 323 g/mol. The molecule has 0 aromatic heterocycles. The van der Waals surface area contributed by atoms with E-state index in [1.165, 1.54) is 6.07 Å². The Morgan fingerprint density at radius 3 is 2.80 bits per heavy atom. The molecule has 0 bridgehead atoms. The molecule has 6 heteroatoms. The molecule has 1 aromatic carbocycles. The molecule has 4 rings (SSSR count). The number of piperidine rings is 1. The van der Waals surface area contributed by atoms with E-state index in [9.17, 15) is 9.18 Å². The minimum Gasteiger partial charge on any atom is -0.379 e. The third-order valence-corrected chi connectivity index (χ3v) is 5.51. The van der Waals surface area contributed by atoms with Crippen LogP contribution in [0.4, 0.5) is 9.18 Å². The number of amides is 2. The third kappa shape index (κ3) is 3.65. The zero-order valence-corrected chi connectivity index (χ0v) is 14.4. The summed E-state index contributed by atoms with van der Waals surface area (Å²) >= 11 is 0. The summed E-state index contributed by atoms with van der Waals surface area (Å²) in [5.41, 5.74) is 1.67. The van der Waals surface area contributed by atoms with Gasteiger partial charge in [-0.2, -0.15) is 0 Å². The van der Waals surface area contributed by atoms with Crippen LogP contribution in [0.5, 0.6) is 0 Å². The van der Waals surface area contributed by atoms with Gasteiger partial charge in [-0.25, -0.2) is 9.18 Å². The molecule has 5 nitrogen and oxygen atoms in total. The Morgan fingerprint density at radius 1 is 1.20 bits per heavy atom. The average molecular weight is 348 g/mol. The summed E-state index contributed by atoms with van der Waals surface area (Å²) in [7, 11) is 0. The van der Waals surface area contributed by atoms with Gasteiger partial charge in [-0.1, -0.05) is 12.1 Å². The lowest BCUT2D eigenvalue weighted by atomic mass is 10.1. The Morgan fingerprint density at radius 2 is 2.04 bits per heavy atom. The molecule has 1 aliphatic carbocycles. The Balaban J connectivity index is 1.28. The normalized spacial score (nSPS) is 26.7. The molecule has 2 amide bonds. The summed E-state index contributed by atoms with van der Waals surface area (Å²) in [6.07, 6.45) is 4.58. The van der Waals surface area contributed by atoms with Crippen molar-refractivity contribution in [2.75, 3.05) is 26.3 Å². The average Bonchev–Trinajstić information content (AvgIpc) is 3.27. The molecule has 25 heavy (non-hydrogen) atoms. The topological polar surface area (TPSA) is 50.8 Å². The van der Waals surface area contributed by atoms with E-state index in [0.717, 1.165) is 43.4 Å². The van der Waals surface area contributed by atoms with Gasteiger partial charge in [0.1, 0.15) is 5.82 Å². The molecule has 2 aliphatic heterocycles. The summed E-state index contributed by atoms with van der Waals surface area (Å²) in [6, 6.07) is 4.99. The van der Waals surface area contributed by atoms with Gasteiger partial charge < -0.3 is 19.7 Å². The molecule has 2 atom stereocenters. The Kier molecular flexibility index (Phi) is 4.90.